The number of esters is 1. The predicted molar refractivity (Wildman–Crippen MR) is 153 cm³/mol. The minimum Gasteiger partial charge on any atom is -0.461 e. The van der Waals surface area contributed by atoms with Crippen molar-refractivity contribution < 1.29 is 29.0 Å². The van der Waals surface area contributed by atoms with Crippen LogP contribution in [0.25, 0.3) is 0 Å². The summed E-state index contributed by atoms with van der Waals surface area (Å²) in [4.78, 5) is 46.1. The molecule has 0 aromatic heterocycles. The van der Waals surface area contributed by atoms with Crippen molar-refractivity contribution in [2.45, 2.75) is 56.9 Å². The van der Waals surface area contributed by atoms with Gasteiger partial charge >= 0.3 is 5.97 Å². The Morgan fingerprint density at radius 2 is 1.78 bits per heavy atom. The summed E-state index contributed by atoms with van der Waals surface area (Å²) in [7, 11) is 0. The molecule has 8 heteroatoms. The van der Waals surface area contributed by atoms with Crippen molar-refractivity contribution >= 4 is 23.5 Å². The number of hydrogen-bond acceptors (Lipinski definition) is 6. The Balaban J connectivity index is 1.53. The van der Waals surface area contributed by atoms with Crippen LogP contribution in [0.4, 0.5) is 5.69 Å². The molecular weight excluding hydrogens is 520 g/mol. The number of likely N-dealkylation sites (tertiary alicyclic amines) is 1. The number of nitrogens with zero attached hydrogens (tertiary/aromatic N) is 2. The van der Waals surface area contributed by atoms with Gasteiger partial charge in [0.15, 0.2) is 0 Å². The molecule has 2 amide bonds. The highest BCUT2D eigenvalue weighted by molar-refractivity contribution is 6.06. The summed E-state index contributed by atoms with van der Waals surface area (Å²) < 4.78 is 12.5. The number of carbonyl (C=O) groups excluding carboxylic acids is 3. The second-order valence-corrected chi connectivity index (χ2v) is 11.6. The minimum absolute atomic E-state index is 0.101. The van der Waals surface area contributed by atoms with Crippen LogP contribution < -0.4 is 4.90 Å². The number of ether oxygens (including phenoxy) is 2. The average Bonchev–Trinajstić information content (AvgIpc) is 3.26. The van der Waals surface area contributed by atoms with Crippen molar-refractivity contribution in [1.29, 1.82) is 0 Å². The van der Waals surface area contributed by atoms with Crippen LogP contribution >= 0.6 is 0 Å². The largest absolute Gasteiger partial charge is 0.461 e. The molecule has 0 bridgehead atoms. The molecule has 6 rings (SSSR count). The summed E-state index contributed by atoms with van der Waals surface area (Å²) in [6, 6.07) is 13.7. The van der Waals surface area contributed by atoms with Crippen LogP contribution in [0.5, 0.6) is 0 Å². The molecule has 1 unspecified atom stereocenters. The van der Waals surface area contributed by atoms with Gasteiger partial charge in [-0.05, 0) is 55.5 Å². The van der Waals surface area contributed by atoms with Gasteiger partial charge in [0, 0.05) is 12.2 Å². The van der Waals surface area contributed by atoms with Gasteiger partial charge in [0.2, 0.25) is 5.91 Å². The summed E-state index contributed by atoms with van der Waals surface area (Å²) in [5, 5.41) is 10.7. The average molecular weight is 557 g/mol. The van der Waals surface area contributed by atoms with Crippen LogP contribution in [-0.4, -0.2) is 70.8 Å². The summed E-state index contributed by atoms with van der Waals surface area (Å²) >= 11 is 0. The Morgan fingerprint density at radius 1 is 1.00 bits per heavy atom. The summed E-state index contributed by atoms with van der Waals surface area (Å²) in [6.45, 7) is 5.88. The maximum Gasteiger partial charge on any atom is 0.313 e. The minimum atomic E-state index is -1.41. The Bertz CT molecular complexity index is 1440. The van der Waals surface area contributed by atoms with Crippen LogP contribution in [0.1, 0.15) is 30.0 Å². The molecule has 4 heterocycles. The lowest BCUT2D eigenvalue weighted by atomic mass is 9.73. The highest BCUT2D eigenvalue weighted by Crippen LogP contribution is 2.59. The first-order chi connectivity index (χ1) is 19.8. The molecule has 2 fully saturated rings. The van der Waals surface area contributed by atoms with Gasteiger partial charge < -0.3 is 24.4 Å². The van der Waals surface area contributed by atoms with Gasteiger partial charge in [-0.2, -0.15) is 0 Å². The molecule has 41 heavy (non-hydrogen) atoms. The van der Waals surface area contributed by atoms with E-state index in [0.29, 0.717) is 12.8 Å². The number of hydrogen-bond donors (Lipinski definition) is 1. The maximum absolute atomic E-state index is 14.8. The van der Waals surface area contributed by atoms with E-state index >= 15 is 0 Å². The number of cyclic esters (lactones) is 1. The fourth-order valence-electron chi connectivity index (χ4n) is 7.29. The van der Waals surface area contributed by atoms with Gasteiger partial charge in [-0.1, -0.05) is 67.6 Å². The third-order valence-corrected chi connectivity index (χ3v) is 9.21. The molecule has 8 nitrogen and oxygen atoms in total. The van der Waals surface area contributed by atoms with Crippen molar-refractivity contribution in [2.75, 3.05) is 24.7 Å². The van der Waals surface area contributed by atoms with E-state index in [0.717, 1.165) is 22.4 Å². The molecule has 6 atom stereocenters. The van der Waals surface area contributed by atoms with Crippen molar-refractivity contribution in [3.8, 4) is 0 Å². The third kappa shape index (κ3) is 4.15. The van der Waals surface area contributed by atoms with Crippen molar-refractivity contribution in [2.24, 2.45) is 11.8 Å². The van der Waals surface area contributed by atoms with Gasteiger partial charge in [0.05, 0.1) is 18.6 Å². The van der Waals surface area contributed by atoms with Crippen molar-refractivity contribution in [1.82, 2.24) is 4.90 Å². The van der Waals surface area contributed by atoms with E-state index in [9.17, 15) is 19.5 Å². The van der Waals surface area contributed by atoms with Crippen molar-refractivity contribution in [3.05, 3.63) is 89.5 Å². The van der Waals surface area contributed by atoms with Gasteiger partial charge in [-0.25, -0.2) is 0 Å². The number of aliphatic hydroxyl groups is 1. The molecule has 4 aliphatic rings. The second-order valence-electron chi connectivity index (χ2n) is 11.6. The summed E-state index contributed by atoms with van der Waals surface area (Å²) in [6.07, 6.45) is 8.07. The van der Waals surface area contributed by atoms with Crippen molar-refractivity contribution in [3.63, 3.8) is 0 Å². The van der Waals surface area contributed by atoms with E-state index in [-0.39, 0.29) is 31.6 Å². The van der Waals surface area contributed by atoms with E-state index in [1.165, 1.54) is 4.90 Å². The number of carbonyl (C=O) groups is 3. The van der Waals surface area contributed by atoms with Crippen LogP contribution in [-0.2, 0) is 30.3 Å². The van der Waals surface area contributed by atoms with Crippen LogP contribution in [0.3, 0.4) is 0 Å². The van der Waals surface area contributed by atoms with E-state index < -0.39 is 41.1 Å². The molecule has 4 aliphatic heterocycles. The molecular formula is C33H36N2O6. The lowest BCUT2D eigenvalue weighted by Crippen LogP contribution is -2.59. The van der Waals surface area contributed by atoms with E-state index in [1.54, 1.807) is 11.0 Å². The molecule has 214 valence electrons. The number of rotatable bonds is 6. The third-order valence-electron chi connectivity index (χ3n) is 9.21. The fourth-order valence-corrected chi connectivity index (χ4v) is 7.29. The Kier molecular flexibility index (Phi) is 6.86. The van der Waals surface area contributed by atoms with Gasteiger partial charge in [0.1, 0.15) is 29.8 Å². The number of aliphatic hydroxyl groups excluding tert-OH is 1. The molecule has 1 N–H and O–H groups in total. The molecule has 1 spiro atoms. The molecule has 2 saturated heterocycles. The van der Waals surface area contributed by atoms with Crippen LogP contribution in [0, 0.1) is 25.7 Å². The zero-order valence-electron chi connectivity index (χ0n) is 23.7. The van der Waals surface area contributed by atoms with E-state index in [4.69, 9.17) is 9.47 Å². The topological polar surface area (TPSA) is 96.4 Å². The molecule has 2 aromatic carbocycles. The molecule has 0 radical (unpaired) electrons. The first kappa shape index (κ1) is 27.4. The van der Waals surface area contributed by atoms with Gasteiger partial charge in [0.25, 0.3) is 5.91 Å². The Labute approximate surface area is 240 Å². The Morgan fingerprint density at radius 3 is 2.51 bits per heavy atom. The fraction of sp³-hybridized carbons (Fsp3) is 0.424. The second kappa shape index (κ2) is 10.3. The van der Waals surface area contributed by atoms with Gasteiger partial charge in [-0.15, -0.1) is 0 Å². The molecule has 0 aliphatic carbocycles. The first-order valence-electron chi connectivity index (χ1n) is 14.3. The van der Waals surface area contributed by atoms with Crippen LogP contribution in [0.15, 0.2) is 72.8 Å². The maximum atomic E-state index is 14.8. The summed E-state index contributed by atoms with van der Waals surface area (Å²) in [5.74, 6) is -3.09. The standard InChI is InChI=1S/C33H36N2O6/c1-4-32-14-9-17-40-31(39)27(32)26-29(37)35(24(20-36)19-23-10-6-5-7-11-23)28-30(38)34(16-8-15-33(26,28)41-32)25-18-21(2)12-13-22(25)3/h5-15,18,24,26-28,36H,4,16-17,19-20H2,1-3H3/t24-,26+,27+,28?,32-,33+/m1/s1. The summed E-state index contributed by atoms with van der Waals surface area (Å²) in [5.41, 5.74) is 1.12. The first-order valence-corrected chi connectivity index (χ1v) is 14.3. The highest BCUT2D eigenvalue weighted by atomic mass is 16.6. The number of aryl methyl sites for hydroxylation is 2. The van der Waals surface area contributed by atoms with E-state index in [2.05, 4.69) is 0 Å². The quantitative estimate of drug-likeness (QED) is 0.434. The van der Waals surface area contributed by atoms with Gasteiger partial charge in [-0.3, -0.25) is 14.4 Å². The zero-order chi connectivity index (χ0) is 28.9. The lowest BCUT2D eigenvalue weighted by Gasteiger charge is -2.40. The van der Waals surface area contributed by atoms with E-state index in [1.807, 2.05) is 87.5 Å². The SMILES string of the molecule is CC[C@@]12C=CCOC(=O)[C@@H]1[C@H]1C(=O)N([C@@H](CO)Cc3ccccc3)C3C(=O)N(c4cc(C)ccc4C)CC=C[C@@]31O2. The number of amides is 2. The lowest BCUT2D eigenvalue weighted by molar-refractivity contribution is -0.159. The number of fused-ring (bicyclic) bond motifs is 2. The number of anilines is 1. The zero-order valence-corrected chi connectivity index (χ0v) is 23.7. The monoisotopic (exact) mass is 556 g/mol. The molecule has 0 saturated carbocycles. The van der Waals surface area contributed by atoms with Crippen LogP contribution in [0.2, 0.25) is 0 Å². The highest BCUT2D eigenvalue weighted by Gasteiger charge is 2.76. The molecule has 2 aromatic rings. The Hall–Kier alpha value is -3.75. The smallest absolute Gasteiger partial charge is 0.313 e. The normalized spacial score (nSPS) is 31.3. The number of benzene rings is 2. The predicted octanol–water partition coefficient (Wildman–Crippen LogP) is 3.28.